The fraction of sp³-hybridized carbons (Fsp3) is 0.909. The highest BCUT2D eigenvalue weighted by Crippen LogP contribution is 2.03. The predicted octanol–water partition coefficient (Wildman–Crippen LogP) is 0.433. The Morgan fingerprint density at radius 1 is 1.47 bits per heavy atom. The third kappa shape index (κ3) is 6.60. The molecular weight excluding hydrogens is 192 g/mol. The van der Waals surface area contributed by atoms with E-state index in [1.165, 1.54) is 0 Å². The Morgan fingerprint density at radius 3 is 2.67 bits per heavy atom. The molecule has 0 bridgehead atoms. The molecule has 0 saturated carbocycles. The molecule has 0 aromatic carbocycles. The lowest BCUT2D eigenvalue weighted by Crippen LogP contribution is -2.40. The summed E-state index contributed by atoms with van der Waals surface area (Å²) >= 11 is 0. The largest absolute Gasteiger partial charge is 0.385 e. The van der Waals surface area contributed by atoms with Crippen molar-refractivity contribution in [1.82, 2.24) is 5.32 Å². The molecule has 0 aromatic rings. The first-order chi connectivity index (χ1) is 7.13. The summed E-state index contributed by atoms with van der Waals surface area (Å²) in [6.45, 7) is 5.26. The van der Waals surface area contributed by atoms with Gasteiger partial charge in [-0.2, -0.15) is 0 Å². The number of ketones is 1. The molecule has 0 amide bonds. The van der Waals surface area contributed by atoms with Gasteiger partial charge in [-0.05, 0) is 45.7 Å². The number of rotatable bonds is 9. The maximum atomic E-state index is 11.6. The van der Waals surface area contributed by atoms with Crippen LogP contribution >= 0.6 is 0 Å². The lowest BCUT2D eigenvalue weighted by molar-refractivity contribution is -0.129. The van der Waals surface area contributed by atoms with Gasteiger partial charge in [-0.1, -0.05) is 6.92 Å². The van der Waals surface area contributed by atoms with Gasteiger partial charge in [0.25, 0.3) is 0 Å². The second-order valence-electron chi connectivity index (χ2n) is 3.88. The van der Waals surface area contributed by atoms with Crippen molar-refractivity contribution in [3.63, 3.8) is 0 Å². The van der Waals surface area contributed by atoms with E-state index in [-0.39, 0.29) is 11.8 Å². The summed E-state index contributed by atoms with van der Waals surface area (Å²) in [7, 11) is 0. The molecule has 2 atom stereocenters. The van der Waals surface area contributed by atoms with E-state index in [9.17, 15) is 9.90 Å². The molecule has 0 radical (unpaired) electrons. The number of nitrogens with one attached hydrogen (secondary N) is 1. The van der Waals surface area contributed by atoms with Crippen molar-refractivity contribution in [1.29, 1.82) is 0 Å². The SMILES string of the molecule is CCCNC(C)C(=O)C(O)CCCCN. The average molecular weight is 216 g/mol. The molecule has 0 saturated heterocycles. The third-order valence-electron chi connectivity index (χ3n) is 2.39. The topological polar surface area (TPSA) is 75.3 Å². The van der Waals surface area contributed by atoms with Gasteiger partial charge in [0.05, 0.1) is 6.04 Å². The predicted molar refractivity (Wildman–Crippen MR) is 61.7 cm³/mol. The first kappa shape index (κ1) is 14.6. The number of nitrogens with two attached hydrogens (primary N) is 1. The van der Waals surface area contributed by atoms with Crippen molar-refractivity contribution in [2.45, 2.75) is 51.7 Å². The Hall–Kier alpha value is -0.450. The molecule has 0 rings (SSSR count). The highest BCUT2D eigenvalue weighted by Gasteiger charge is 2.20. The summed E-state index contributed by atoms with van der Waals surface area (Å²) in [6, 6.07) is -0.252. The number of carbonyl (C=O) groups excluding carboxylic acids is 1. The van der Waals surface area contributed by atoms with Crippen molar-refractivity contribution in [2.24, 2.45) is 5.73 Å². The molecule has 90 valence electrons. The van der Waals surface area contributed by atoms with Crippen LogP contribution in [0.2, 0.25) is 0 Å². The van der Waals surface area contributed by atoms with E-state index in [1.54, 1.807) is 6.92 Å². The lowest BCUT2D eigenvalue weighted by atomic mass is 10.0. The number of carbonyl (C=O) groups is 1. The van der Waals surface area contributed by atoms with Crippen LogP contribution in [-0.4, -0.2) is 36.1 Å². The number of hydrogen-bond donors (Lipinski definition) is 3. The van der Waals surface area contributed by atoms with Gasteiger partial charge in [0.15, 0.2) is 5.78 Å². The van der Waals surface area contributed by atoms with Crippen LogP contribution in [0.1, 0.15) is 39.5 Å². The number of Topliss-reactive ketones (excluding diaryl/α,β-unsaturated/α-hetero) is 1. The zero-order valence-electron chi connectivity index (χ0n) is 9.83. The van der Waals surface area contributed by atoms with Crippen LogP contribution in [0.5, 0.6) is 0 Å². The molecule has 0 aliphatic heterocycles. The number of hydrogen-bond acceptors (Lipinski definition) is 4. The normalized spacial score (nSPS) is 14.9. The Bertz CT molecular complexity index is 174. The standard InChI is InChI=1S/C11H24N2O2/c1-3-8-13-9(2)11(15)10(14)6-4-5-7-12/h9-10,13-14H,3-8,12H2,1-2H3. The van der Waals surface area contributed by atoms with Gasteiger partial charge in [-0.3, -0.25) is 4.79 Å². The summed E-state index contributed by atoms with van der Waals surface area (Å²) in [4.78, 5) is 11.6. The summed E-state index contributed by atoms with van der Waals surface area (Å²) in [5.74, 6) is -0.111. The Labute approximate surface area is 92.2 Å². The molecule has 4 N–H and O–H groups in total. The number of unbranched alkanes of at least 4 members (excludes halogenated alkanes) is 1. The summed E-state index contributed by atoms with van der Waals surface area (Å²) in [5, 5.41) is 12.7. The van der Waals surface area contributed by atoms with Crippen molar-refractivity contribution < 1.29 is 9.90 Å². The maximum Gasteiger partial charge on any atom is 0.177 e. The van der Waals surface area contributed by atoms with Gasteiger partial charge in [-0.15, -0.1) is 0 Å². The Morgan fingerprint density at radius 2 is 2.13 bits per heavy atom. The zero-order valence-corrected chi connectivity index (χ0v) is 9.83. The van der Waals surface area contributed by atoms with E-state index in [4.69, 9.17) is 5.73 Å². The second kappa shape index (κ2) is 8.83. The van der Waals surface area contributed by atoms with Crippen molar-refractivity contribution in [3.05, 3.63) is 0 Å². The van der Waals surface area contributed by atoms with Gasteiger partial charge in [0.2, 0.25) is 0 Å². The minimum Gasteiger partial charge on any atom is -0.385 e. The molecule has 2 unspecified atom stereocenters. The zero-order chi connectivity index (χ0) is 11.7. The molecule has 15 heavy (non-hydrogen) atoms. The van der Waals surface area contributed by atoms with E-state index in [0.29, 0.717) is 13.0 Å². The molecule has 0 spiro atoms. The van der Waals surface area contributed by atoms with Crippen LogP contribution in [0, 0.1) is 0 Å². The number of aliphatic hydroxyl groups excluding tert-OH is 1. The summed E-state index contributed by atoms with van der Waals surface area (Å²) < 4.78 is 0. The molecule has 4 nitrogen and oxygen atoms in total. The van der Waals surface area contributed by atoms with E-state index < -0.39 is 6.10 Å². The molecule has 0 fully saturated rings. The van der Waals surface area contributed by atoms with Crippen LogP contribution in [0.25, 0.3) is 0 Å². The molecule has 0 heterocycles. The first-order valence-corrected chi connectivity index (χ1v) is 5.78. The number of aliphatic hydroxyl groups is 1. The van der Waals surface area contributed by atoms with Crippen LogP contribution in [-0.2, 0) is 4.79 Å². The van der Waals surface area contributed by atoms with Crippen molar-refractivity contribution in [2.75, 3.05) is 13.1 Å². The van der Waals surface area contributed by atoms with Gasteiger partial charge < -0.3 is 16.2 Å². The fourth-order valence-corrected chi connectivity index (χ4v) is 1.37. The molecule has 0 aromatic heterocycles. The van der Waals surface area contributed by atoms with Crippen LogP contribution in [0.15, 0.2) is 0 Å². The van der Waals surface area contributed by atoms with Crippen molar-refractivity contribution in [3.8, 4) is 0 Å². The van der Waals surface area contributed by atoms with Gasteiger partial charge in [0, 0.05) is 0 Å². The van der Waals surface area contributed by atoms with E-state index in [2.05, 4.69) is 5.32 Å². The van der Waals surface area contributed by atoms with Crippen LogP contribution in [0.4, 0.5) is 0 Å². The minimum atomic E-state index is -0.837. The highest BCUT2D eigenvalue weighted by molar-refractivity contribution is 5.87. The van der Waals surface area contributed by atoms with E-state index in [0.717, 1.165) is 25.8 Å². The van der Waals surface area contributed by atoms with E-state index >= 15 is 0 Å². The molecule has 4 heteroatoms. The Kier molecular flexibility index (Phi) is 8.56. The third-order valence-corrected chi connectivity index (χ3v) is 2.39. The summed E-state index contributed by atoms with van der Waals surface area (Å²) in [6.07, 6.45) is 2.34. The lowest BCUT2D eigenvalue weighted by Gasteiger charge is -2.16. The molecule has 0 aliphatic carbocycles. The fourth-order valence-electron chi connectivity index (χ4n) is 1.37. The highest BCUT2D eigenvalue weighted by atomic mass is 16.3. The van der Waals surface area contributed by atoms with Crippen LogP contribution < -0.4 is 11.1 Å². The van der Waals surface area contributed by atoms with Gasteiger partial charge >= 0.3 is 0 Å². The quantitative estimate of drug-likeness (QED) is 0.489. The smallest absolute Gasteiger partial charge is 0.177 e. The Balaban J connectivity index is 3.75. The maximum absolute atomic E-state index is 11.6. The summed E-state index contributed by atoms with van der Waals surface area (Å²) in [5.41, 5.74) is 5.34. The van der Waals surface area contributed by atoms with Gasteiger partial charge in [0.1, 0.15) is 6.10 Å². The van der Waals surface area contributed by atoms with Gasteiger partial charge in [-0.25, -0.2) is 0 Å². The average Bonchev–Trinajstić information content (AvgIpc) is 2.24. The molecular formula is C11H24N2O2. The van der Waals surface area contributed by atoms with E-state index in [1.807, 2.05) is 6.92 Å². The van der Waals surface area contributed by atoms with Crippen LogP contribution in [0.3, 0.4) is 0 Å². The van der Waals surface area contributed by atoms with Crippen molar-refractivity contribution >= 4 is 5.78 Å². The monoisotopic (exact) mass is 216 g/mol. The first-order valence-electron chi connectivity index (χ1n) is 5.78. The second-order valence-corrected chi connectivity index (χ2v) is 3.88. The molecule has 0 aliphatic rings. The minimum absolute atomic E-state index is 0.111.